The van der Waals surface area contributed by atoms with Crippen LogP contribution in [0.4, 0.5) is 0 Å². The molecule has 104 valence electrons. The Morgan fingerprint density at radius 1 is 1.21 bits per heavy atom. The molecule has 0 bridgehead atoms. The zero-order valence-corrected chi connectivity index (χ0v) is 12.1. The Morgan fingerprint density at radius 2 is 1.79 bits per heavy atom. The number of ether oxygens (including phenoxy) is 1. The largest absolute Gasteiger partial charge is 0.381 e. The molecule has 1 aromatic carbocycles. The summed E-state index contributed by atoms with van der Waals surface area (Å²) in [5, 5.41) is 0. The minimum Gasteiger partial charge on any atom is -0.381 e. The molecule has 2 rings (SSSR count). The summed E-state index contributed by atoms with van der Waals surface area (Å²) in [7, 11) is 4.12. The van der Waals surface area contributed by atoms with Crippen molar-refractivity contribution in [3.63, 3.8) is 0 Å². The molecule has 1 unspecified atom stereocenters. The summed E-state index contributed by atoms with van der Waals surface area (Å²) in [6, 6.07) is 8.43. The Balaban J connectivity index is 2.07. The molecule has 0 amide bonds. The Kier molecular flexibility index (Phi) is 4.72. The van der Waals surface area contributed by atoms with Crippen molar-refractivity contribution >= 4 is 5.78 Å². The number of hydrogen-bond acceptors (Lipinski definition) is 3. The maximum Gasteiger partial charge on any atom is 0.166 e. The van der Waals surface area contributed by atoms with E-state index in [1.54, 1.807) is 0 Å². The van der Waals surface area contributed by atoms with Crippen LogP contribution < -0.4 is 0 Å². The quantitative estimate of drug-likeness (QED) is 0.780. The van der Waals surface area contributed by atoms with E-state index in [9.17, 15) is 4.79 Å². The highest BCUT2D eigenvalue weighted by atomic mass is 16.5. The second kappa shape index (κ2) is 6.31. The monoisotopic (exact) mass is 261 g/mol. The molecule has 1 atom stereocenters. The first-order valence-corrected chi connectivity index (χ1v) is 6.98. The van der Waals surface area contributed by atoms with E-state index in [2.05, 4.69) is 38.1 Å². The third kappa shape index (κ3) is 3.43. The maximum atomic E-state index is 12.3. The smallest absolute Gasteiger partial charge is 0.166 e. The topological polar surface area (TPSA) is 29.5 Å². The van der Waals surface area contributed by atoms with Crippen LogP contribution in [-0.4, -0.2) is 38.0 Å². The molecule has 3 nitrogen and oxygen atoms in total. The van der Waals surface area contributed by atoms with Crippen LogP contribution in [0.3, 0.4) is 0 Å². The third-order valence-electron chi connectivity index (χ3n) is 4.04. The summed E-state index contributed by atoms with van der Waals surface area (Å²) in [5.74, 6) is 0.415. The number of benzene rings is 1. The molecule has 0 spiro atoms. The number of hydrogen-bond donors (Lipinski definition) is 0. The van der Waals surface area contributed by atoms with Crippen molar-refractivity contribution in [1.82, 2.24) is 4.90 Å². The first-order chi connectivity index (χ1) is 9.09. The van der Waals surface area contributed by atoms with E-state index < -0.39 is 0 Å². The van der Waals surface area contributed by atoms with Crippen LogP contribution in [0, 0.1) is 5.92 Å². The van der Waals surface area contributed by atoms with Crippen LogP contribution in [-0.2, 0) is 4.74 Å². The molecule has 1 saturated heterocycles. The van der Waals surface area contributed by atoms with Gasteiger partial charge in [-0.05, 0) is 39.4 Å². The van der Waals surface area contributed by atoms with Crippen LogP contribution in [0.2, 0.25) is 0 Å². The Bertz CT molecular complexity index is 419. The number of ketones is 1. The lowest BCUT2D eigenvalue weighted by Gasteiger charge is -2.22. The Labute approximate surface area is 115 Å². The lowest BCUT2D eigenvalue weighted by molar-refractivity contribution is 0.0545. The lowest BCUT2D eigenvalue weighted by atomic mass is 9.90. The van der Waals surface area contributed by atoms with Crippen molar-refractivity contribution in [3.05, 3.63) is 35.4 Å². The molecular formula is C16H23NO2. The molecule has 0 aliphatic carbocycles. The molecule has 0 aromatic heterocycles. The zero-order chi connectivity index (χ0) is 13.8. The fraction of sp³-hybridized carbons (Fsp3) is 0.562. The SMILES string of the molecule is CC(c1ccc(C(=O)C2CCOCC2)cc1)N(C)C. The summed E-state index contributed by atoms with van der Waals surface area (Å²) in [5.41, 5.74) is 2.08. The highest BCUT2D eigenvalue weighted by Crippen LogP contribution is 2.22. The summed E-state index contributed by atoms with van der Waals surface area (Å²) >= 11 is 0. The summed E-state index contributed by atoms with van der Waals surface area (Å²) < 4.78 is 5.30. The third-order valence-corrected chi connectivity index (χ3v) is 4.04. The highest BCUT2D eigenvalue weighted by molar-refractivity contribution is 5.97. The van der Waals surface area contributed by atoms with Crippen molar-refractivity contribution in [2.75, 3.05) is 27.3 Å². The van der Waals surface area contributed by atoms with Crippen molar-refractivity contribution in [3.8, 4) is 0 Å². The van der Waals surface area contributed by atoms with Crippen molar-refractivity contribution in [2.24, 2.45) is 5.92 Å². The molecule has 1 aliphatic rings. The van der Waals surface area contributed by atoms with Crippen molar-refractivity contribution in [1.29, 1.82) is 0 Å². The molecule has 0 N–H and O–H groups in total. The van der Waals surface area contributed by atoms with Crippen LogP contribution in [0.25, 0.3) is 0 Å². The molecule has 0 radical (unpaired) electrons. The number of carbonyl (C=O) groups is 1. The molecular weight excluding hydrogens is 238 g/mol. The summed E-state index contributed by atoms with van der Waals surface area (Å²) in [4.78, 5) is 14.5. The normalized spacial score (nSPS) is 18.5. The summed E-state index contributed by atoms with van der Waals surface area (Å²) in [6.07, 6.45) is 1.71. The van der Waals surface area contributed by atoms with Gasteiger partial charge in [-0.2, -0.15) is 0 Å². The van der Waals surface area contributed by atoms with E-state index in [0.29, 0.717) is 19.3 Å². The summed E-state index contributed by atoms with van der Waals surface area (Å²) in [6.45, 7) is 3.59. The molecule has 19 heavy (non-hydrogen) atoms. The fourth-order valence-electron chi connectivity index (χ4n) is 2.42. The minimum atomic E-state index is 0.144. The van der Waals surface area contributed by atoms with Crippen LogP contribution >= 0.6 is 0 Å². The predicted molar refractivity (Wildman–Crippen MR) is 76.4 cm³/mol. The number of rotatable bonds is 4. The Morgan fingerprint density at radius 3 is 2.32 bits per heavy atom. The van der Waals surface area contributed by atoms with Crippen LogP contribution in [0.1, 0.15) is 41.7 Å². The average molecular weight is 261 g/mol. The van der Waals surface area contributed by atoms with E-state index in [1.807, 2.05) is 12.1 Å². The van der Waals surface area contributed by atoms with Gasteiger partial charge in [0.2, 0.25) is 0 Å². The van der Waals surface area contributed by atoms with Gasteiger partial charge in [0.25, 0.3) is 0 Å². The van der Waals surface area contributed by atoms with Gasteiger partial charge in [-0.3, -0.25) is 4.79 Å². The van der Waals surface area contributed by atoms with Gasteiger partial charge >= 0.3 is 0 Å². The van der Waals surface area contributed by atoms with Gasteiger partial charge in [0.15, 0.2) is 5.78 Å². The maximum absolute atomic E-state index is 12.3. The van der Waals surface area contributed by atoms with Crippen LogP contribution in [0.5, 0.6) is 0 Å². The van der Waals surface area contributed by atoms with Gasteiger partial charge in [-0.25, -0.2) is 0 Å². The highest BCUT2D eigenvalue weighted by Gasteiger charge is 2.22. The second-order valence-electron chi connectivity index (χ2n) is 5.51. The zero-order valence-electron chi connectivity index (χ0n) is 12.1. The predicted octanol–water partition coefficient (Wildman–Crippen LogP) is 2.92. The molecule has 1 aromatic rings. The fourth-order valence-corrected chi connectivity index (χ4v) is 2.42. The number of carbonyl (C=O) groups excluding carboxylic acids is 1. The first kappa shape index (κ1) is 14.2. The Hall–Kier alpha value is -1.19. The van der Waals surface area contributed by atoms with Gasteiger partial charge in [0, 0.05) is 30.7 Å². The van der Waals surface area contributed by atoms with E-state index in [-0.39, 0.29) is 11.7 Å². The van der Waals surface area contributed by atoms with E-state index in [0.717, 1.165) is 18.4 Å². The molecule has 3 heteroatoms. The van der Waals surface area contributed by atoms with E-state index in [4.69, 9.17) is 4.74 Å². The van der Waals surface area contributed by atoms with Crippen molar-refractivity contribution < 1.29 is 9.53 Å². The van der Waals surface area contributed by atoms with E-state index in [1.165, 1.54) is 5.56 Å². The second-order valence-corrected chi connectivity index (χ2v) is 5.51. The van der Waals surface area contributed by atoms with E-state index >= 15 is 0 Å². The van der Waals surface area contributed by atoms with Gasteiger partial charge in [-0.1, -0.05) is 24.3 Å². The minimum absolute atomic E-state index is 0.144. The van der Waals surface area contributed by atoms with Gasteiger partial charge in [0.05, 0.1) is 0 Å². The molecule has 0 saturated carbocycles. The van der Waals surface area contributed by atoms with Crippen molar-refractivity contribution in [2.45, 2.75) is 25.8 Å². The number of nitrogens with zero attached hydrogens (tertiary/aromatic N) is 1. The lowest BCUT2D eigenvalue weighted by Crippen LogP contribution is -2.23. The van der Waals surface area contributed by atoms with Gasteiger partial charge in [-0.15, -0.1) is 0 Å². The standard InChI is InChI=1S/C16H23NO2/c1-12(17(2)3)13-4-6-14(7-5-13)16(18)15-8-10-19-11-9-15/h4-7,12,15H,8-11H2,1-3H3. The first-order valence-electron chi connectivity index (χ1n) is 6.98. The number of Topliss-reactive ketones (excluding diaryl/α,β-unsaturated/α-hetero) is 1. The van der Waals surface area contributed by atoms with Gasteiger partial charge < -0.3 is 9.64 Å². The molecule has 1 fully saturated rings. The average Bonchev–Trinajstić information content (AvgIpc) is 2.46. The molecule has 1 heterocycles. The van der Waals surface area contributed by atoms with Crippen LogP contribution in [0.15, 0.2) is 24.3 Å². The molecule has 1 aliphatic heterocycles. The van der Waals surface area contributed by atoms with Gasteiger partial charge in [0.1, 0.15) is 0 Å².